The van der Waals surface area contributed by atoms with Crippen LogP contribution < -0.4 is 0 Å². The molecule has 2 nitrogen and oxygen atoms in total. The molecule has 0 bridgehead atoms. The largest absolute Gasteiger partial charge is 0.466 e. The minimum atomic E-state index is -0.0742. The van der Waals surface area contributed by atoms with E-state index in [0.717, 1.165) is 6.42 Å². The zero-order valence-corrected chi connectivity index (χ0v) is 13.0. The summed E-state index contributed by atoms with van der Waals surface area (Å²) in [5, 5.41) is 0. The Bertz CT molecular complexity index is 221. The van der Waals surface area contributed by atoms with Crippen molar-refractivity contribution in [2.75, 3.05) is 6.61 Å². The van der Waals surface area contributed by atoms with Crippen molar-refractivity contribution in [2.45, 2.75) is 84.5 Å². The number of hydrogen-bond donors (Lipinski definition) is 0. The zero-order chi connectivity index (χ0) is 14.2. The van der Waals surface area contributed by atoms with Gasteiger partial charge in [-0.15, -0.1) is 0 Å². The summed E-state index contributed by atoms with van der Waals surface area (Å²) < 4.78 is 5.03. The Balaban J connectivity index is 3.06. The minimum absolute atomic E-state index is 0.0742. The maximum atomic E-state index is 10.9. The molecule has 19 heavy (non-hydrogen) atoms. The van der Waals surface area contributed by atoms with Crippen molar-refractivity contribution < 1.29 is 9.53 Å². The molecule has 0 saturated carbocycles. The first-order valence-electron chi connectivity index (χ1n) is 8.11. The lowest BCUT2D eigenvalue weighted by molar-refractivity contribution is -0.143. The Morgan fingerprint density at radius 1 is 0.842 bits per heavy atom. The van der Waals surface area contributed by atoms with Gasteiger partial charge in [-0.25, -0.2) is 0 Å². The Kier molecular flexibility index (Phi) is 14.6. The van der Waals surface area contributed by atoms with Gasteiger partial charge in [0.2, 0.25) is 0 Å². The summed E-state index contributed by atoms with van der Waals surface area (Å²) in [7, 11) is 0. The lowest BCUT2D eigenvalue weighted by Gasteiger charge is -2.03. The van der Waals surface area contributed by atoms with Crippen LogP contribution in [0.2, 0.25) is 0 Å². The molecule has 0 unspecified atom stereocenters. The van der Waals surface area contributed by atoms with E-state index in [2.05, 4.69) is 19.1 Å². The molecule has 112 valence electrons. The summed E-state index contributed by atoms with van der Waals surface area (Å²) in [6, 6.07) is 0. The standard InChI is InChI=1S/C17H32O2/c1-3-5-6-7-8-9-10-11-12-13-14-15-16-19-17(18)4-2/h7-8H,3-6,9-16H2,1-2H3. The highest BCUT2D eigenvalue weighted by Gasteiger charge is 1.97. The lowest BCUT2D eigenvalue weighted by Crippen LogP contribution is -2.03. The smallest absolute Gasteiger partial charge is 0.305 e. The molecule has 0 aromatic rings. The molecular weight excluding hydrogens is 236 g/mol. The van der Waals surface area contributed by atoms with Gasteiger partial charge in [0.1, 0.15) is 0 Å². The molecule has 0 spiro atoms. The van der Waals surface area contributed by atoms with Crippen LogP contribution >= 0.6 is 0 Å². The summed E-state index contributed by atoms with van der Waals surface area (Å²) >= 11 is 0. The fourth-order valence-corrected chi connectivity index (χ4v) is 1.92. The van der Waals surface area contributed by atoms with Crippen LogP contribution in [0.25, 0.3) is 0 Å². The molecule has 0 fully saturated rings. The van der Waals surface area contributed by atoms with E-state index in [4.69, 9.17) is 4.74 Å². The summed E-state index contributed by atoms with van der Waals surface area (Å²) in [4.78, 5) is 10.9. The second-order valence-corrected chi connectivity index (χ2v) is 5.10. The number of unbranched alkanes of at least 4 members (excludes halogenated alkanes) is 8. The van der Waals surface area contributed by atoms with Gasteiger partial charge in [-0.1, -0.05) is 64.5 Å². The van der Waals surface area contributed by atoms with Crippen molar-refractivity contribution in [2.24, 2.45) is 0 Å². The average molecular weight is 268 g/mol. The van der Waals surface area contributed by atoms with Gasteiger partial charge in [0.25, 0.3) is 0 Å². The molecule has 2 heteroatoms. The monoisotopic (exact) mass is 268 g/mol. The van der Waals surface area contributed by atoms with E-state index in [1.54, 1.807) is 0 Å². The van der Waals surface area contributed by atoms with E-state index in [0.29, 0.717) is 13.0 Å². The van der Waals surface area contributed by atoms with E-state index in [1.807, 2.05) is 6.92 Å². The molecule has 0 N–H and O–H groups in total. The van der Waals surface area contributed by atoms with Gasteiger partial charge in [-0.2, -0.15) is 0 Å². The molecular formula is C17H32O2. The van der Waals surface area contributed by atoms with E-state index < -0.39 is 0 Å². The van der Waals surface area contributed by atoms with Crippen LogP contribution in [0, 0.1) is 0 Å². The third kappa shape index (κ3) is 15.2. The summed E-state index contributed by atoms with van der Waals surface area (Å²) in [6.45, 7) is 4.67. The highest BCUT2D eigenvalue weighted by atomic mass is 16.5. The van der Waals surface area contributed by atoms with Gasteiger partial charge < -0.3 is 4.74 Å². The molecule has 0 radical (unpaired) electrons. The third-order valence-electron chi connectivity index (χ3n) is 3.21. The molecule has 0 heterocycles. The first kappa shape index (κ1) is 18.2. The predicted octanol–water partition coefficient (Wildman–Crippen LogP) is 5.42. The number of rotatable bonds is 13. The molecule has 0 aliphatic rings. The highest BCUT2D eigenvalue weighted by molar-refractivity contribution is 5.68. The van der Waals surface area contributed by atoms with Crippen LogP contribution in [0.3, 0.4) is 0 Å². The molecule has 0 amide bonds. The number of carbonyl (C=O) groups is 1. The van der Waals surface area contributed by atoms with Crippen LogP contribution in [-0.4, -0.2) is 12.6 Å². The summed E-state index contributed by atoms with van der Waals surface area (Å²) in [5.74, 6) is -0.0742. The second-order valence-electron chi connectivity index (χ2n) is 5.10. The zero-order valence-electron chi connectivity index (χ0n) is 13.0. The number of ether oxygens (including phenoxy) is 1. The summed E-state index contributed by atoms with van der Waals surface area (Å²) in [5.41, 5.74) is 0. The predicted molar refractivity (Wildman–Crippen MR) is 82.2 cm³/mol. The van der Waals surface area contributed by atoms with Gasteiger partial charge in [0, 0.05) is 6.42 Å². The van der Waals surface area contributed by atoms with E-state index in [9.17, 15) is 4.79 Å². The Morgan fingerprint density at radius 2 is 1.42 bits per heavy atom. The van der Waals surface area contributed by atoms with E-state index >= 15 is 0 Å². The first-order chi connectivity index (χ1) is 9.31. The lowest BCUT2D eigenvalue weighted by atomic mass is 10.1. The topological polar surface area (TPSA) is 26.3 Å². The molecule has 0 aromatic heterocycles. The van der Waals surface area contributed by atoms with Gasteiger partial charge in [0.05, 0.1) is 6.61 Å². The van der Waals surface area contributed by atoms with Crippen molar-refractivity contribution in [1.29, 1.82) is 0 Å². The second kappa shape index (κ2) is 15.3. The number of esters is 1. The Labute approximate surface area is 119 Å². The number of hydrogen-bond acceptors (Lipinski definition) is 2. The van der Waals surface area contributed by atoms with Gasteiger partial charge in [-0.3, -0.25) is 4.79 Å². The van der Waals surface area contributed by atoms with Crippen molar-refractivity contribution in [3.8, 4) is 0 Å². The third-order valence-corrected chi connectivity index (χ3v) is 3.21. The normalized spacial score (nSPS) is 11.1. The van der Waals surface area contributed by atoms with Gasteiger partial charge in [-0.05, 0) is 25.7 Å². The first-order valence-corrected chi connectivity index (χ1v) is 8.11. The number of allylic oxidation sites excluding steroid dienone is 2. The van der Waals surface area contributed by atoms with Crippen molar-refractivity contribution in [3.05, 3.63) is 12.2 Å². The average Bonchev–Trinajstić information content (AvgIpc) is 2.43. The molecule has 0 aromatic carbocycles. The molecule has 0 atom stereocenters. The molecule has 0 aliphatic carbocycles. The quantitative estimate of drug-likeness (QED) is 0.253. The van der Waals surface area contributed by atoms with E-state index in [1.165, 1.54) is 57.8 Å². The van der Waals surface area contributed by atoms with Crippen molar-refractivity contribution in [3.63, 3.8) is 0 Å². The highest BCUT2D eigenvalue weighted by Crippen LogP contribution is 2.08. The van der Waals surface area contributed by atoms with Crippen molar-refractivity contribution in [1.82, 2.24) is 0 Å². The molecule has 0 rings (SSSR count). The van der Waals surface area contributed by atoms with Crippen LogP contribution in [0.4, 0.5) is 0 Å². The SMILES string of the molecule is CCCCC=CCCCCCCCCOC(=O)CC. The van der Waals surface area contributed by atoms with Crippen LogP contribution in [-0.2, 0) is 9.53 Å². The molecule has 0 aliphatic heterocycles. The van der Waals surface area contributed by atoms with Crippen LogP contribution in [0.1, 0.15) is 84.5 Å². The Hall–Kier alpha value is -0.790. The van der Waals surface area contributed by atoms with Gasteiger partial charge in [0.15, 0.2) is 0 Å². The summed E-state index contributed by atoms with van der Waals surface area (Å²) in [6.07, 6.45) is 17.7. The fourth-order valence-electron chi connectivity index (χ4n) is 1.92. The van der Waals surface area contributed by atoms with Gasteiger partial charge >= 0.3 is 5.97 Å². The number of carbonyl (C=O) groups excluding carboxylic acids is 1. The molecule has 0 saturated heterocycles. The minimum Gasteiger partial charge on any atom is -0.466 e. The van der Waals surface area contributed by atoms with Crippen LogP contribution in [0.15, 0.2) is 12.2 Å². The van der Waals surface area contributed by atoms with Crippen LogP contribution in [0.5, 0.6) is 0 Å². The Morgan fingerprint density at radius 3 is 2.05 bits per heavy atom. The maximum Gasteiger partial charge on any atom is 0.305 e. The van der Waals surface area contributed by atoms with Crippen molar-refractivity contribution >= 4 is 5.97 Å². The van der Waals surface area contributed by atoms with E-state index in [-0.39, 0.29) is 5.97 Å². The fraction of sp³-hybridized carbons (Fsp3) is 0.824. The maximum absolute atomic E-state index is 10.9.